The third-order valence-corrected chi connectivity index (χ3v) is 3.61. The molecule has 0 unspecified atom stereocenters. The summed E-state index contributed by atoms with van der Waals surface area (Å²) in [6, 6.07) is 0.142. The Morgan fingerprint density at radius 2 is 1.90 bits per heavy atom. The predicted molar refractivity (Wildman–Crippen MR) is 74.2 cm³/mol. The molecule has 7 heteroatoms. The first kappa shape index (κ1) is 14.8. The topological polar surface area (TPSA) is 65.7 Å². The van der Waals surface area contributed by atoms with Crippen LogP contribution in [0.1, 0.15) is 25.6 Å². The zero-order valence-electron chi connectivity index (χ0n) is 12.5. The lowest BCUT2D eigenvalue weighted by molar-refractivity contribution is 0.106. The van der Waals surface area contributed by atoms with Gasteiger partial charge in [0.05, 0.1) is 6.54 Å². The van der Waals surface area contributed by atoms with Gasteiger partial charge in [-0.15, -0.1) is 0 Å². The lowest BCUT2D eigenvalue weighted by atomic mass is 10.3. The van der Waals surface area contributed by atoms with E-state index in [0.717, 1.165) is 39.3 Å². The van der Waals surface area contributed by atoms with Gasteiger partial charge < -0.3 is 14.3 Å². The van der Waals surface area contributed by atoms with Gasteiger partial charge in [-0.2, -0.15) is 4.98 Å². The van der Waals surface area contributed by atoms with Gasteiger partial charge in [0.15, 0.2) is 5.82 Å². The second kappa shape index (κ2) is 6.69. The lowest BCUT2D eigenvalue weighted by Crippen LogP contribution is -2.52. The van der Waals surface area contributed by atoms with Crippen LogP contribution >= 0.6 is 0 Å². The first-order chi connectivity index (χ1) is 9.63. The average molecular weight is 281 g/mol. The number of urea groups is 1. The molecule has 0 aliphatic carbocycles. The maximum atomic E-state index is 12.2. The molecule has 1 saturated heterocycles. The van der Waals surface area contributed by atoms with Crippen LogP contribution in [0.3, 0.4) is 0 Å². The average Bonchev–Trinajstić information content (AvgIpc) is 2.86. The molecule has 20 heavy (non-hydrogen) atoms. The summed E-state index contributed by atoms with van der Waals surface area (Å²) in [6.07, 6.45) is 0. The maximum absolute atomic E-state index is 12.2. The molecule has 0 bridgehead atoms. The third-order valence-electron chi connectivity index (χ3n) is 3.61. The summed E-state index contributed by atoms with van der Waals surface area (Å²) < 4.78 is 5.12. The van der Waals surface area contributed by atoms with Crippen molar-refractivity contribution in [1.82, 2.24) is 24.8 Å². The molecule has 112 valence electrons. The molecule has 0 radical (unpaired) electrons. The highest BCUT2D eigenvalue weighted by atomic mass is 16.5. The van der Waals surface area contributed by atoms with Gasteiger partial charge in [-0.3, -0.25) is 4.90 Å². The molecule has 1 aromatic heterocycles. The number of nitrogens with zero attached hydrogens (tertiary/aromatic N) is 5. The van der Waals surface area contributed by atoms with Crippen LogP contribution in [0.25, 0.3) is 0 Å². The molecule has 1 aliphatic rings. The third kappa shape index (κ3) is 3.47. The van der Waals surface area contributed by atoms with Gasteiger partial charge in [0.1, 0.15) is 0 Å². The van der Waals surface area contributed by atoms with Crippen molar-refractivity contribution in [2.75, 3.05) is 39.3 Å². The molecule has 0 spiro atoms. The van der Waals surface area contributed by atoms with Crippen molar-refractivity contribution >= 4 is 6.03 Å². The Hall–Kier alpha value is -1.63. The van der Waals surface area contributed by atoms with Crippen LogP contribution in [-0.2, 0) is 6.54 Å². The van der Waals surface area contributed by atoms with Crippen LogP contribution in [0.15, 0.2) is 4.52 Å². The second-order valence-electron chi connectivity index (χ2n) is 4.95. The van der Waals surface area contributed by atoms with Gasteiger partial charge in [-0.25, -0.2) is 4.79 Å². The van der Waals surface area contributed by atoms with Crippen molar-refractivity contribution in [1.29, 1.82) is 0 Å². The van der Waals surface area contributed by atoms with Gasteiger partial charge in [0.25, 0.3) is 0 Å². The van der Waals surface area contributed by atoms with Crippen LogP contribution in [0.5, 0.6) is 0 Å². The highest BCUT2D eigenvalue weighted by molar-refractivity contribution is 5.74. The van der Waals surface area contributed by atoms with Gasteiger partial charge >= 0.3 is 6.03 Å². The fraction of sp³-hybridized carbons (Fsp3) is 0.769. The summed E-state index contributed by atoms with van der Waals surface area (Å²) in [5.41, 5.74) is 0. The van der Waals surface area contributed by atoms with E-state index in [1.54, 1.807) is 0 Å². The van der Waals surface area contributed by atoms with E-state index in [9.17, 15) is 4.79 Å². The van der Waals surface area contributed by atoms with E-state index in [-0.39, 0.29) is 6.03 Å². The molecule has 0 atom stereocenters. The number of amides is 2. The number of hydrogen-bond acceptors (Lipinski definition) is 5. The standard InChI is InChI=1S/C13H23N5O2/c1-4-17(5-2)13(19)18-8-6-16(7-9-18)10-12-14-11(3)15-20-12/h4-10H2,1-3H3. The van der Waals surface area contributed by atoms with E-state index in [4.69, 9.17) is 4.52 Å². The number of carbonyl (C=O) groups excluding carboxylic acids is 1. The Kier molecular flexibility index (Phi) is 4.94. The van der Waals surface area contributed by atoms with E-state index in [0.29, 0.717) is 18.3 Å². The summed E-state index contributed by atoms with van der Waals surface area (Å²) in [7, 11) is 0. The molecular formula is C13H23N5O2. The molecule has 1 aromatic rings. The zero-order chi connectivity index (χ0) is 14.5. The Morgan fingerprint density at radius 1 is 1.25 bits per heavy atom. The van der Waals surface area contributed by atoms with Crippen molar-refractivity contribution in [2.24, 2.45) is 0 Å². The van der Waals surface area contributed by atoms with Gasteiger partial charge in [0.2, 0.25) is 5.89 Å². The summed E-state index contributed by atoms with van der Waals surface area (Å²) in [6.45, 7) is 11.2. The molecule has 2 rings (SSSR count). The first-order valence-corrected chi connectivity index (χ1v) is 7.19. The first-order valence-electron chi connectivity index (χ1n) is 7.19. The molecule has 0 aromatic carbocycles. The zero-order valence-corrected chi connectivity index (χ0v) is 12.5. The lowest BCUT2D eigenvalue weighted by Gasteiger charge is -2.36. The molecule has 2 heterocycles. The van der Waals surface area contributed by atoms with Crippen LogP contribution in [0, 0.1) is 6.92 Å². The molecule has 1 aliphatic heterocycles. The molecule has 2 amide bonds. The minimum absolute atomic E-state index is 0.142. The monoisotopic (exact) mass is 281 g/mol. The fourth-order valence-electron chi connectivity index (χ4n) is 2.39. The van der Waals surface area contributed by atoms with E-state index in [1.807, 2.05) is 30.6 Å². The summed E-state index contributed by atoms with van der Waals surface area (Å²) in [5.74, 6) is 1.31. The van der Waals surface area contributed by atoms with Crippen molar-refractivity contribution in [2.45, 2.75) is 27.3 Å². The predicted octanol–water partition coefficient (Wildman–Crippen LogP) is 0.957. The van der Waals surface area contributed by atoms with E-state index in [1.165, 1.54) is 0 Å². The van der Waals surface area contributed by atoms with Crippen molar-refractivity contribution in [3.63, 3.8) is 0 Å². The Bertz CT molecular complexity index is 436. The Balaban J connectivity index is 1.81. The Morgan fingerprint density at radius 3 is 2.40 bits per heavy atom. The quantitative estimate of drug-likeness (QED) is 0.822. The van der Waals surface area contributed by atoms with Gasteiger partial charge in [0, 0.05) is 39.3 Å². The van der Waals surface area contributed by atoms with E-state index in [2.05, 4.69) is 15.0 Å². The van der Waals surface area contributed by atoms with E-state index >= 15 is 0 Å². The normalized spacial score (nSPS) is 16.4. The van der Waals surface area contributed by atoms with Gasteiger partial charge in [-0.05, 0) is 20.8 Å². The van der Waals surface area contributed by atoms with Crippen molar-refractivity contribution in [3.05, 3.63) is 11.7 Å². The molecule has 7 nitrogen and oxygen atoms in total. The van der Waals surface area contributed by atoms with Crippen LogP contribution in [0.4, 0.5) is 4.79 Å². The second-order valence-corrected chi connectivity index (χ2v) is 4.95. The maximum Gasteiger partial charge on any atom is 0.320 e. The number of carbonyl (C=O) groups is 1. The van der Waals surface area contributed by atoms with Crippen LogP contribution in [0.2, 0.25) is 0 Å². The number of aromatic nitrogens is 2. The SMILES string of the molecule is CCN(CC)C(=O)N1CCN(Cc2nc(C)no2)CC1. The van der Waals surface area contributed by atoms with E-state index < -0.39 is 0 Å². The molecular weight excluding hydrogens is 258 g/mol. The highest BCUT2D eigenvalue weighted by Crippen LogP contribution is 2.09. The Labute approximate surface area is 119 Å². The molecule has 1 fully saturated rings. The minimum atomic E-state index is 0.142. The number of aryl methyl sites for hydroxylation is 1. The summed E-state index contributed by atoms with van der Waals surface area (Å²) in [4.78, 5) is 22.4. The number of piperazine rings is 1. The van der Waals surface area contributed by atoms with Crippen LogP contribution < -0.4 is 0 Å². The molecule has 0 saturated carbocycles. The number of rotatable bonds is 4. The fourth-order valence-corrected chi connectivity index (χ4v) is 2.39. The summed E-state index contributed by atoms with van der Waals surface area (Å²) >= 11 is 0. The van der Waals surface area contributed by atoms with Crippen molar-refractivity contribution < 1.29 is 9.32 Å². The molecule has 0 N–H and O–H groups in total. The van der Waals surface area contributed by atoms with Gasteiger partial charge in [-0.1, -0.05) is 5.16 Å². The summed E-state index contributed by atoms with van der Waals surface area (Å²) in [5, 5.41) is 3.79. The van der Waals surface area contributed by atoms with Crippen LogP contribution in [-0.4, -0.2) is 70.1 Å². The number of hydrogen-bond donors (Lipinski definition) is 0. The smallest absolute Gasteiger partial charge is 0.320 e. The van der Waals surface area contributed by atoms with Crippen molar-refractivity contribution in [3.8, 4) is 0 Å². The minimum Gasteiger partial charge on any atom is -0.338 e. The largest absolute Gasteiger partial charge is 0.338 e. The highest BCUT2D eigenvalue weighted by Gasteiger charge is 2.24.